The topological polar surface area (TPSA) is 127 Å². The van der Waals surface area contributed by atoms with Crippen molar-refractivity contribution in [2.45, 2.75) is 20.4 Å². The zero-order chi connectivity index (χ0) is 29.7. The lowest BCUT2D eigenvalue weighted by atomic mass is 10.1. The third-order valence-corrected chi connectivity index (χ3v) is 6.73. The number of methoxy groups -OCH3 is 1. The standard InChI is InChI=1S/C29H25Cl2N3O7/c1-4-40-29(38)25-16(2)34(18-6-8-19(39-3)9-7-18)28(37)22(25)14-20-10-11-21(41-20)15-32-26(35)27(36)33-17-5-12-23(30)24(31)13-17/h5-14H,4,15H2,1-3H3,(H,32,35)(H,33,36)/b22-14+. The molecule has 2 N–H and O–H groups in total. The van der Waals surface area contributed by atoms with Crippen molar-refractivity contribution >= 4 is 64.3 Å². The molecular formula is C29H25Cl2N3O7. The van der Waals surface area contributed by atoms with E-state index in [0.29, 0.717) is 33.6 Å². The average molecular weight is 598 g/mol. The van der Waals surface area contributed by atoms with E-state index in [1.807, 2.05) is 0 Å². The van der Waals surface area contributed by atoms with Gasteiger partial charge >= 0.3 is 17.8 Å². The van der Waals surface area contributed by atoms with Gasteiger partial charge < -0.3 is 24.5 Å². The van der Waals surface area contributed by atoms with Crippen LogP contribution in [0, 0.1) is 0 Å². The number of benzene rings is 2. The van der Waals surface area contributed by atoms with Gasteiger partial charge in [-0.15, -0.1) is 0 Å². The minimum atomic E-state index is -0.910. The SMILES string of the molecule is CCOC(=O)C1=C(C)N(c2ccc(OC)cc2)C(=O)/C1=C/c1ccc(CNC(=O)C(=O)Nc2ccc(Cl)c(Cl)c2)o1. The molecule has 0 atom stereocenters. The number of ether oxygens (including phenoxy) is 2. The van der Waals surface area contributed by atoms with Gasteiger partial charge in [0.25, 0.3) is 5.91 Å². The molecular weight excluding hydrogens is 573 g/mol. The minimum Gasteiger partial charge on any atom is -0.497 e. The summed E-state index contributed by atoms with van der Waals surface area (Å²) in [7, 11) is 1.54. The number of hydrogen-bond acceptors (Lipinski definition) is 7. The van der Waals surface area contributed by atoms with E-state index in [1.54, 1.807) is 50.2 Å². The molecule has 0 spiro atoms. The van der Waals surface area contributed by atoms with Crippen LogP contribution in [-0.2, 0) is 30.5 Å². The molecule has 3 aromatic rings. The van der Waals surface area contributed by atoms with Crippen molar-refractivity contribution in [3.63, 3.8) is 0 Å². The monoisotopic (exact) mass is 597 g/mol. The highest BCUT2D eigenvalue weighted by molar-refractivity contribution is 6.43. The number of carbonyl (C=O) groups is 4. The number of nitrogens with zero attached hydrogens (tertiary/aromatic N) is 1. The fourth-order valence-corrected chi connectivity index (χ4v) is 4.34. The molecule has 3 amide bonds. The van der Waals surface area contributed by atoms with Crippen molar-refractivity contribution in [1.29, 1.82) is 0 Å². The Kier molecular flexibility index (Phi) is 9.16. The second kappa shape index (κ2) is 12.8. The van der Waals surface area contributed by atoms with Crippen molar-refractivity contribution in [2.24, 2.45) is 0 Å². The Balaban J connectivity index is 1.49. The predicted molar refractivity (Wildman–Crippen MR) is 153 cm³/mol. The molecule has 1 aromatic heterocycles. The van der Waals surface area contributed by atoms with Crippen LogP contribution in [0.2, 0.25) is 10.0 Å². The number of amides is 3. The van der Waals surface area contributed by atoms with E-state index in [9.17, 15) is 19.2 Å². The van der Waals surface area contributed by atoms with Gasteiger partial charge in [-0.1, -0.05) is 23.2 Å². The number of hydrogen-bond donors (Lipinski definition) is 2. The molecule has 41 heavy (non-hydrogen) atoms. The second-order valence-electron chi connectivity index (χ2n) is 8.65. The average Bonchev–Trinajstić information content (AvgIpc) is 3.50. The third kappa shape index (κ3) is 6.62. The summed E-state index contributed by atoms with van der Waals surface area (Å²) in [6.45, 7) is 3.35. The van der Waals surface area contributed by atoms with Crippen molar-refractivity contribution in [2.75, 3.05) is 23.9 Å². The molecule has 1 aliphatic heterocycles. The second-order valence-corrected chi connectivity index (χ2v) is 9.46. The third-order valence-electron chi connectivity index (χ3n) is 5.99. The molecule has 1 aliphatic rings. The highest BCUT2D eigenvalue weighted by Gasteiger charge is 2.38. The van der Waals surface area contributed by atoms with E-state index in [0.717, 1.165) is 0 Å². The van der Waals surface area contributed by atoms with E-state index in [1.165, 1.54) is 36.3 Å². The lowest BCUT2D eigenvalue weighted by Gasteiger charge is -2.18. The van der Waals surface area contributed by atoms with Gasteiger partial charge in [-0.25, -0.2) is 4.79 Å². The molecule has 0 fully saturated rings. The zero-order valence-corrected chi connectivity index (χ0v) is 23.8. The van der Waals surface area contributed by atoms with Gasteiger partial charge in [0.2, 0.25) is 0 Å². The number of furan rings is 1. The van der Waals surface area contributed by atoms with Gasteiger partial charge in [-0.2, -0.15) is 0 Å². The molecule has 0 saturated heterocycles. The molecule has 2 heterocycles. The first-order valence-corrected chi connectivity index (χ1v) is 13.1. The maximum atomic E-state index is 13.5. The lowest BCUT2D eigenvalue weighted by Crippen LogP contribution is -2.34. The number of halogens is 2. The molecule has 12 heteroatoms. The van der Waals surface area contributed by atoms with Crippen LogP contribution in [0.5, 0.6) is 5.75 Å². The molecule has 0 saturated carbocycles. The van der Waals surface area contributed by atoms with Crippen molar-refractivity contribution in [1.82, 2.24) is 5.32 Å². The summed E-state index contributed by atoms with van der Waals surface area (Å²) >= 11 is 11.8. The Labute approximate surface area is 245 Å². The summed E-state index contributed by atoms with van der Waals surface area (Å²) in [5, 5.41) is 5.42. The highest BCUT2D eigenvalue weighted by atomic mass is 35.5. The van der Waals surface area contributed by atoms with Crippen LogP contribution < -0.4 is 20.3 Å². The number of anilines is 2. The molecule has 0 radical (unpaired) electrons. The van der Waals surface area contributed by atoms with Gasteiger partial charge in [0, 0.05) is 17.1 Å². The van der Waals surface area contributed by atoms with Gasteiger partial charge in [-0.3, -0.25) is 19.3 Å². The maximum absolute atomic E-state index is 13.5. The first kappa shape index (κ1) is 29.4. The Bertz CT molecular complexity index is 1580. The summed E-state index contributed by atoms with van der Waals surface area (Å²) in [6, 6.07) is 14.4. The lowest BCUT2D eigenvalue weighted by molar-refractivity contribution is -0.138. The fraction of sp³-hybridized carbons (Fsp3) is 0.172. The minimum absolute atomic E-state index is 0.0858. The molecule has 0 bridgehead atoms. The van der Waals surface area contributed by atoms with Crippen LogP contribution in [0.3, 0.4) is 0 Å². The smallest absolute Gasteiger partial charge is 0.340 e. The van der Waals surface area contributed by atoms with Gasteiger partial charge in [0.05, 0.1) is 41.5 Å². The molecule has 2 aromatic carbocycles. The zero-order valence-electron chi connectivity index (χ0n) is 22.2. The largest absolute Gasteiger partial charge is 0.497 e. The quantitative estimate of drug-likeness (QED) is 0.209. The van der Waals surface area contributed by atoms with Crippen LogP contribution in [0.1, 0.15) is 25.4 Å². The molecule has 212 valence electrons. The first-order valence-electron chi connectivity index (χ1n) is 12.3. The normalized spacial score (nSPS) is 13.9. The van der Waals surface area contributed by atoms with E-state index >= 15 is 0 Å². The number of allylic oxidation sites excluding steroid dienone is 1. The number of esters is 1. The van der Waals surface area contributed by atoms with E-state index in [2.05, 4.69) is 10.6 Å². The summed E-state index contributed by atoms with van der Waals surface area (Å²) in [5.41, 5.74) is 1.44. The molecule has 0 unspecified atom stereocenters. The van der Waals surface area contributed by atoms with Gasteiger partial charge in [0.15, 0.2) is 0 Å². The maximum Gasteiger partial charge on any atom is 0.340 e. The van der Waals surface area contributed by atoms with Crippen molar-refractivity contribution in [3.8, 4) is 5.75 Å². The Hall–Kier alpha value is -4.54. The molecule has 4 rings (SSSR count). The van der Waals surface area contributed by atoms with Crippen molar-refractivity contribution in [3.05, 3.63) is 93.0 Å². The van der Waals surface area contributed by atoms with Gasteiger partial charge in [-0.05, 0) is 74.5 Å². The van der Waals surface area contributed by atoms with Crippen LogP contribution >= 0.6 is 23.2 Å². The van der Waals surface area contributed by atoms with Crippen LogP contribution in [0.4, 0.5) is 11.4 Å². The first-order chi connectivity index (χ1) is 19.6. The Morgan fingerprint density at radius 2 is 1.73 bits per heavy atom. The summed E-state index contributed by atoms with van der Waals surface area (Å²) in [6.07, 6.45) is 1.43. The number of rotatable bonds is 8. The van der Waals surface area contributed by atoms with Gasteiger partial charge in [0.1, 0.15) is 17.3 Å². The highest BCUT2D eigenvalue weighted by Crippen LogP contribution is 2.36. The van der Waals surface area contributed by atoms with Crippen molar-refractivity contribution < 1.29 is 33.1 Å². The number of nitrogens with one attached hydrogen (secondary N) is 2. The number of carbonyl (C=O) groups excluding carboxylic acids is 4. The van der Waals surface area contributed by atoms with E-state index in [-0.39, 0.29) is 35.1 Å². The van der Waals surface area contributed by atoms with E-state index < -0.39 is 23.7 Å². The predicted octanol–water partition coefficient (Wildman–Crippen LogP) is 5.12. The van der Waals surface area contributed by atoms with Crippen LogP contribution in [-0.4, -0.2) is 37.4 Å². The van der Waals surface area contributed by atoms with Crippen LogP contribution in [0.15, 0.2) is 75.9 Å². The molecule has 10 nitrogen and oxygen atoms in total. The molecule has 0 aliphatic carbocycles. The summed E-state index contributed by atoms with van der Waals surface area (Å²) in [5.74, 6) is -1.73. The van der Waals surface area contributed by atoms with E-state index in [4.69, 9.17) is 37.1 Å². The fourth-order valence-electron chi connectivity index (χ4n) is 4.04. The Morgan fingerprint density at radius 3 is 2.39 bits per heavy atom. The summed E-state index contributed by atoms with van der Waals surface area (Å²) in [4.78, 5) is 52.3. The summed E-state index contributed by atoms with van der Waals surface area (Å²) < 4.78 is 16.2. The van der Waals surface area contributed by atoms with Crippen LogP contribution in [0.25, 0.3) is 6.08 Å². The Morgan fingerprint density at radius 1 is 1.00 bits per heavy atom.